The molecule has 4 bridgehead atoms. The highest BCUT2D eigenvalue weighted by Gasteiger charge is 2.51. The molecule has 5 rings (SSSR count). The van der Waals surface area contributed by atoms with Crippen LogP contribution in [0.1, 0.15) is 57.8 Å². The van der Waals surface area contributed by atoms with Crippen molar-refractivity contribution in [2.75, 3.05) is 0 Å². The van der Waals surface area contributed by atoms with Gasteiger partial charge < -0.3 is 10.4 Å². The van der Waals surface area contributed by atoms with Crippen LogP contribution in [-0.2, 0) is 4.79 Å². The van der Waals surface area contributed by atoms with E-state index < -0.39 is 0 Å². The molecule has 0 saturated heterocycles. The van der Waals surface area contributed by atoms with Gasteiger partial charge in [-0.1, -0.05) is 0 Å². The summed E-state index contributed by atoms with van der Waals surface area (Å²) < 4.78 is 0. The minimum atomic E-state index is -0.176. The molecule has 5 aliphatic rings. The second kappa shape index (κ2) is 4.21. The number of rotatable bonds is 3. The van der Waals surface area contributed by atoms with Crippen molar-refractivity contribution in [2.24, 2.45) is 23.2 Å². The Morgan fingerprint density at radius 2 is 1.53 bits per heavy atom. The molecule has 0 spiro atoms. The zero-order chi connectivity index (χ0) is 13.0. The Labute approximate surface area is 115 Å². The van der Waals surface area contributed by atoms with E-state index in [1.165, 1.54) is 38.5 Å². The van der Waals surface area contributed by atoms with Crippen LogP contribution in [0.5, 0.6) is 0 Å². The van der Waals surface area contributed by atoms with Crippen LogP contribution in [0.2, 0.25) is 0 Å². The van der Waals surface area contributed by atoms with Gasteiger partial charge in [0.25, 0.3) is 0 Å². The maximum Gasteiger partial charge on any atom is 0.220 e. The normalized spacial score (nSPS) is 50.9. The van der Waals surface area contributed by atoms with Crippen LogP contribution in [-0.4, -0.2) is 23.2 Å². The minimum Gasteiger partial charge on any atom is -0.393 e. The molecular weight excluding hydrogens is 238 g/mol. The van der Waals surface area contributed by atoms with E-state index in [4.69, 9.17) is 0 Å². The van der Waals surface area contributed by atoms with Gasteiger partial charge >= 0.3 is 0 Å². The molecule has 0 aromatic rings. The number of nitrogens with one attached hydrogen (secondary N) is 1. The van der Waals surface area contributed by atoms with E-state index in [9.17, 15) is 9.90 Å². The van der Waals surface area contributed by atoms with Gasteiger partial charge in [-0.25, -0.2) is 0 Å². The van der Waals surface area contributed by atoms with Crippen LogP contribution in [0.3, 0.4) is 0 Å². The minimum absolute atomic E-state index is 0.176. The number of aliphatic hydroxyl groups is 1. The van der Waals surface area contributed by atoms with E-state index in [1.807, 2.05) is 0 Å². The Balaban J connectivity index is 1.38. The Morgan fingerprint density at radius 1 is 1.00 bits per heavy atom. The molecule has 5 aliphatic carbocycles. The summed E-state index contributed by atoms with van der Waals surface area (Å²) >= 11 is 0. The summed E-state index contributed by atoms with van der Waals surface area (Å²) in [5, 5.41) is 12.4. The number of carbonyl (C=O) groups excluding carboxylic acids is 1. The van der Waals surface area contributed by atoms with Crippen molar-refractivity contribution in [3.05, 3.63) is 0 Å². The fraction of sp³-hybridized carbons (Fsp3) is 0.938. The van der Waals surface area contributed by atoms with Gasteiger partial charge in [0.05, 0.1) is 6.10 Å². The molecule has 1 amide bonds. The van der Waals surface area contributed by atoms with E-state index in [2.05, 4.69) is 5.32 Å². The monoisotopic (exact) mass is 263 g/mol. The Morgan fingerprint density at radius 3 is 2.00 bits per heavy atom. The smallest absolute Gasteiger partial charge is 0.220 e. The first kappa shape index (κ1) is 12.2. The van der Waals surface area contributed by atoms with Crippen molar-refractivity contribution in [3.63, 3.8) is 0 Å². The Hall–Kier alpha value is -0.570. The summed E-state index contributed by atoms with van der Waals surface area (Å²) in [5.41, 5.74) is 0.348. The molecule has 19 heavy (non-hydrogen) atoms. The van der Waals surface area contributed by atoms with Crippen LogP contribution >= 0.6 is 0 Å². The number of carbonyl (C=O) groups is 1. The third-order valence-electron chi connectivity index (χ3n) is 6.18. The van der Waals surface area contributed by atoms with Crippen molar-refractivity contribution in [1.29, 1.82) is 0 Å². The molecule has 5 saturated carbocycles. The summed E-state index contributed by atoms with van der Waals surface area (Å²) in [4.78, 5) is 12.2. The average Bonchev–Trinajstić information content (AvgIpc) is 2.23. The van der Waals surface area contributed by atoms with Crippen molar-refractivity contribution in [3.8, 4) is 0 Å². The lowest BCUT2D eigenvalue weighted by Gasteiger charge is -2.56. The second-order valence-corrected chi connectivity index (χ2v) is 7.98. The van der Waals surface area contributed by atoms with Crippen molar-refractivity contribution in [1.82, 2.24) is 5.32 Å². The molecule has 0 aromatic carbocycles. The second-order valence-electron chi connectivity index (χ2n) is 7.98. The van der Waals surface area contributed by atoms with Crippen molar-refractivity contribution >= 4 is 5.91 Å². The molecule has 0 heterocycles. The zero-order valence-electron chi connectivity index (χ0n) is 11.6. The van der Waals surface area contributed by atoms with Crippen LogP contribution in [0.4, 0.5) is 0 Å². The van der Waals surface area contributed by atoms with Gasteiger partial charge in [0, 0.05) is 12.5 Å². The molecule has 3 heteroatoms. The lowest BCUT2D eigenvalue weighted by Crippen LogP contribution is -2.51. The summed E-state index contributed by atoms with van der Waals surface area (Å²) in [5.74, 6) is 3.01. The maximum atomic E-state index is 12.2. The number of aliphatic hydroxyl groups excluding tert-OH is 1. The van der Waals surface area contributed by atoms with Crippen LogP contribution in [0, 0.1) is 23.2 Å². The first-order valence-corrected chi connectivity index (χ1v) is 8.08. The van der Waals surface area contributed by atoms with E-state index >= 15 is 0 Å². The average molecular weight is 263 g/mol. The summed E-state index contributed by atoms with van der Waals surface area (Å²) in [6.07, 6.45) is 10.3. The highest BCUT2D eigenvalue weighted by molar-refractivity contribution is 5.77. The van der Waals surface area contributed by atoms with E-state index in [1.54, 1.807) is 0 Å². The lowest BCUT2D eigenvalue weighted by atomic mass is 9.49. The maximum absolute atomic E-state index is 12.2. The SMILES string of the molecule is O=C(CC12CC3CC(CC(C3)C1)C2)NC1CC(O)C1. The van der Waals surface area contributed by atoms with E-state index in [0.29, 0.717) is 5.41 Å². The van der Waals surface area contributed by atoms with E-state index in [-0.39, 0.29) is 18.1 Å². The fourth-order valence-corrected chi connectivity index (χ4v) is 5.83. The molecule has 0 radical (unpaired) electrons. The Bertz CT molecular complexity index is 351. The number of hydrogen-bond acceptors (Lipinski definition) is 2. The molecular formula is C16H25NO2. The predicted octanol–water partition coefficient (Wildman–Crippen LogP) is 2.23. The van der Waals surface area contributed by atoms with Crippen LogP contribution in [0.25, 0.3) is 0 Å². The Kier molecular flexibility index (Phi) is 2.70. The van der Waals surface area contributed by atoms with E-state index in [0.717, 1.165) is 37.0 Å². The largest absolute Gasteiger partial charge is 0.393 e. The highest BCUT2D eigenvalue weighted by atomic mass is 16.3. The summed E-state index contributed by atoms with van der Waals surface area (Å²) in [6.45, 7) is 0. The van der Waals surface area contributed by atoms with Crippen LogP contribution < -0.4 is 5.32 Å². The molecule has 0 aromatic heterocycles. The number of amides is 1. The topological polar surface area (TPSA) is 49.3 Å². The molecule has 106 valence electrons. The standard InChI is InChI=1S/C16H25NO2/c18-14-4-13(5-14)17-15(19)9-16-6-10-1-11(7-16)3-12(2-10)8-16/h10-14,18H,1-9H2,(H,17,19). The molecule has 3 nitrogen and oxygen atoms in total. The quantitative estimate of drug-likeness (QED) is 0.820. The first-order chi connectivity index (χ1) is 9.10. The van der Waals surface area contributed by atoms with Crippen LogP contribution in [0.15, 0.2) is 0 Å². The third-order valence-corrected chi connectivity index (χ3v) is 6.18. The molecule has 0 aliphatic heterocycles. The van der Waals surface area contributed by atoms with Crippen molar-refractivity contribution < 1.29 is 9.90 Å². The summed E-state index contributed by atoms with van der Waals surface area (Å²) in [6, 6.07) is 0.247. The lowest BCUT2D eigenvalue weighted by molar-refractivity contribution is -0.131. The molecule has 2 N–H and O–H groups in total. The fourth-order valence-electron chi connectivity index (χ4n) is 5.83. The molecule has 0 atom stereocenters. The van der Waals surface area contributed by atoms with Crippen molar-refractivity contribution in [2.45, 2.75) is 69.9 Å². The van der Waals surface area contributed by atoms with Gasteiger partial charge in [-0.3, -0.25) is 4.79 Å². The third kappa shape index (κ3) is 2.20. The van der Waals surface area contributed by atoms with Gasteiger partial charge in [0.1, 0.15) is 0 Å². The molecule has 5 fully saturated rings. The summed E-state index contributed by atoms with van der Waals surface area (Å²) in [7, 11) is 0. The zero-order valence-corrected chi connectivity index (χ0v) is 11.6. The van der Waals surface area contributed by atoms with Gasteiger partial charge in [-0.15, -0.1) is 0 Å². The highest BCUT2D eigenvalue weighted by Crippen LogP contribution is 2.61. The van der Waals surface area contributed by atoms with Gasteiger partial charge in [0.15, 0.2) is 0 Å². The van der Waals surface area contributed by atoms with Gasteiger partial charge in [-0.05, 0) is 74.5 Å². The predicted molar refractivity (Wildman–Crippen MR) is 72.4 cm³/mol. The molecule has 0 unspecified atom stereocenters. The van der Waals surface area contributed by atoms with Gasteiger partial charge in [-0.2, -0.15) is 0 Å². The first-order valence-electron chi connectivity index (χ1n) is 8.08. The number of hydrogen-bond donors (Lipinski definition) is 2. The van der Waals surface area contributed by atoms with Gasteiger partial charge in [0.2, 0.25) is 5.91 Å².